The summed E-state index contributed by atoms with van der Waals surface area (Å²) >= 11 is 5.92. The third-order valence-corrected chi connectivity index (χ3v) is 2.76. The van der Waals surface area contributed by atoms with Gasteiger partial charge in [-0.3, -0.25) is 0 Å². The number of anilines is 1. The Morgan fingerprint density at radius 2 is 2.11 bits per heavy atom. The molecule has 0 aliphatic heterocycles. The van der Waals surface area contributed by atoms with Crippen LogP contribution in [0.4, 0.5) is 5.95 Å². The van der Waals surface area contributed by atoms with Crippen LogP contribution in [0.25, 0.3) is 5.95 Å². The lowest BCUT2D eigenvalue weighted by Gasteiger charge is -2.18. The van der Waals surface area contributed by atoms with Gasteiger partial charge < -0.3 is 4.90 Å². The molecule has 7 nitrogen and oxygen atoms in total. The Kier molecular flexibility index (Phi) is 4.26. The molecule has 0 bridgehead atoms. The predicted octanol–water partition coefficient (Wildman–Crippen LogP) is 1.59. The summed E-state index contributed by atoms with van der Waals surface area (Å²) in [6.07, 6.45) is 3.99. The fourth-order valence-corrected chi connectivity index (χ4v) is 1.62. The molecule has 2 aromatic rings. The number of rotatable bonds is 5. The van der Waals surface area contributed by atoms with Crippen LogP contribution in [0.5, 0.6) is 0 Å². The van der Waals surface area contributed by atoms with Gasteiger partial charge >= 0.3 is 0 Å². The minimum absolute atomic E-state index is 0.145. The highest BCUT2D eigenvalue weighted by Gasteiger charge is 2.11. The van der Waals surface area contributed by atoms with Gasteiger partial charge in [-0.15, -0.1) is 0 Å². The highest BCUT2D eigenvalue weighted by Crippen LogP contribution is 2.13. The van der Waals surface area contributed by atoms with Gasteiger partial charge in [-0.2, -0.15) is 24.7 Å². The molecule has 0 radical (unpaired) electrons. The van der Waals surface area contributed by atoms with Crippen LogP contribution in [-0.2, 0) is 0 Å². The van der Waals surface area contributed by atoms with E-state index < -0.39 is 0 Å². The Labute approximate surface area is 116 Å². The van der Waals surface area contributed by atoms with Crippen LogP contribution in [-0.4, -0.2) is 43.3 Å². The molecule has 0 aliphatic rings. The minimum atomic E-state index is 0.145. The Morgan fingerprint density at radius 1 is 1.32 bits per heavy atom. The van der Waals surface area contributed by atoms with E-state index in [0.717, 1.165) is 13.0 Å². The molecule has 0 fully saturated rings. The van der Waals surface area contributed by atoms with Crippen LogP contribution in [0.15, 0.2) is 12.7 Å². The highest BCUT2D eigenvalue weighted by atomic mass is 35.5. The molecule has 0 aromatic carbocycles. The standard InChI is InChI=1S/C11H16ClN7/c1-8(2)4-5-18(3)10-15-9(12)16-11(17-10)19-7-13-6-14-19/h6-8H,4-5H2,1-3H3. The van der Waals surface area contributed by atoms with E-state index in [9.17, 15) is 0 Å². The van der Waals surface area contributed by atoms with Crippen LogP contribution in [0.1, 0.15) is 20.3 Å². The van der Waals surface area contributed by atoms with E-state index in [-0.39, 0.29) is 5.28 Å². The van der Waals surface area contributed by atoms with Crippen molar-refractivity contribution in [1.82, 2.24) is 29.7 Å². The van der Waals surface area contributed by atoms with Crippen molar-refractivity contribution in [3.63, 3.8) is 0 Å². The number of aromatic nitrogens is 6. The van der Waals surface area contributed by atoms with E-state index >= 15 is 0 Å². The van der Waals surface area contributed by atoms with Crippen molar-refractivity contribution >= 4 is 17.5 Å². The fourth-order valence-electron chi connectivity index (χ4n) is 1.47. The molecule has 0 aliphatic carbocycles. The lowest BCUT2D eigenvalue weighted by Crippen LogP contribution is -2.23. The van der Waals surface area contributed by atoms with Gasteiger partial charge in [0.15, 0.2) is 0 Å². The quantitative estimate of drug-likeness (QED) is 0.829. The van der Waals surface area contributed by atoms with E-state index in [2.05, 4.69) is 38.9 Å². The van der Waals surface area contributed by atoms with Gasteiger partial charge in [-0.25, -0.2) is 4.98 Å². The molecule has 0 amide bonds. The number of hydrogen-bond acceptors (Lipinski definition) is 6. The van der Waals surface area contributed by atoms with Crippen LogP contribution in [0, 0.1) is 5.92 Å². The first-order valence-corrected chi connectivity index (χ1v) is 6.41. The van der Waals surface area contributed by atoms with E-state index in [4.69, 9.17) is 11.6 Å². The van der Waals surface area contributed by atoms with Crippen LogP contribution >= 0.6 is 11.6 Å². The molecule has 0 N–H and O–H groups in total. The highest BCUT2D eigenvalue weighted by molar-refractivity contribution is 6.28. The maximum atomic E-state index is 5.92. The summed E-state index contributed by atoms with van der Waals surface area (Å²) < 4.78 is 1.45. The van der Waals surface area contributed by atoms with Gasteiger partial charge in [-0.05, 0) is 23.9 Å². The average molecular weight is 282 g/mol. The third-order valence-electron chi connectivity index (χ3n) is 2.59. The predicted molar refractivity (Wildman–Crippen MR) is 72.5 cm³/mol. The number of nitrogens with zero attached hydrogens (tertiary/aromatic N) is 7. The zero-order valence-corrected chi connectivity index (χ0v) is 11.9. The van der Waals surface area contributed by atoms with Crippen molar-refractivity contribution in [3.8, 4) is 5.95 Å². The molecular weight excluding hydrogens is 266 g/mol. The van der Waals surface area contributed by atoms with Crippen molar-refractivity contribution < 1.29 is 0 Å². The largest absolute Gasteiger partial charge is 0.344 e. The van der Waals surface area contributed by atoms with Crippen LogP contribution in [0.3, 0.4) is 0 Å². The first-order valence-electron chi connectivity index (χ1n) is 6.04. The molecule has 0 saturated carbocycles. The molecule has 0 unspecified atom stereocenters. The molecule has 2 aromatic heterocycles. The van der Waals surface area contributed by atoms with E-state index in [0.29, 0.717) is 17.8 Å². The van der Waals surface area contributed by atoms with Gasteiger partial charge in [0.05, 0.1) is 0 Å². The lowest BCUT2D eigenvalue weighted by molar-refractivity contribution is 0.580. The monoisotopic (exact) mass is 281 g/mol. The van der Waals surface area contributed by atoms with Crippen LogP contribution < -0.4 is 4.90 Å². The molecular formula is C11H16ClN7. The van der Waals surface area contributed by atoms with E-state index in [1.807, 2.05) is 11.9 Å². The van der Waals surface area contributed by atoms with Crippen molar-refractivity contribution in [2.45, 2.75) is 20.3 Å². The molecule has 0 atom stereocenters. The summed E-state index contributed by atoms with van der Waals surface area (Å²) in [7, 11) is 1.93. The second-order valence-corrected chi connectivity index (χ2v) is 4.99. The van der Waals surface area contributed by atoms with Gasteiger partial charge in [0.1, 0.15) is 12.7 Å². The van der Waals surface area contributed by atoms with Crippen molar-refractivity contribution in [2.75, 3.05) is 18.5 Å². The maximum Gasteiger partial charge on any atom is 0.258 e. The molecule has 102 valence electrons. The number of hydrogen-bond donors (Lipinski definition) is 0. The Balaban J connectivity index is 2.21. The first kappa shape index (κ1) is 13.7. The van der Waals surface area contributed by atoms with Crippen molar-refractivity contribution in [2.24, 2.45) is 5.92 Å². The average Bonchev–Trinajstić information content (AvgIpc) is 2.89. The number of halogens is 1. The fraction of sp³-hybridized carbons (Fsp3) is 0.545. The summed E-state index contributed by atoms with van der Waals surface area (Å²) in [5.41, 5.74) is 0. The second-order valence-electron chi connectivity index (χ2n) is 4.65. The van der Waals surface area contributed by atoms with Gasteiger partial charge in [0, 0.05) is 13.6 Å². The molecule has 2 heterocycles. The molecule has 2 rings (SSSR count). The minimum Gasteiger partial charge on any atom is -0.344 e. The molecule has 8 heteroatoms. The smallest absolute Gasteiger partial charge is 0.258 e. The Hall–Kier alpha value is -1.76. The topological polar surface area (TPSA) is 72.6 Å². The summed E-state index contributed by atoms with van der Waals surface area (Å²) in [5.74, 6) is 1.52. The zero-order chi connectivity index (χ0) is 13.8. The van der Waals surface area contributed by atoms with Gasteiger partial charge in [0.2, 0.25) is 11.2 Å². The summed E-state index contributed by atoms with van der Waals surface area (Å²) in [4.78, 5) is 18.3. The van der Waals surface area contributed by atoms with E-state index in [1.165, 1.54) is 17.3 Å². The van der Waals surface area contributed by atoms with Crippen molar-refractivity contribution in [3.05, 3.63) is 17.9 Å². The van der Waals surface area contributed by atoms with Gasteiger partial charge in [0.25, 0.3) is 5.95 Å². The summed E-state index contributed by atoms with van der Waals surface area (Å²) in [6, 6.07) is 0. The molecule has 0 saturated heterocycles. The van der Waals surface area contributed by atoms with Crippen molar-refractivity contribution in [1.29, 1.82) is 0 Å². The Morgan fingerprint density at radius 3 is 2.74 bits per heavy atom. The SMILES string of the molecule is CC(C)CCN(C)c1nc(Cl)nc(-n2cncn2)n1. The zero-order valence-electron chi connectivity index (χ0n) is 11.2. The summed E-state index contributed by atoms with van der Waals surface area (Å²) in [5, 5.41) is 4.12. The molecule has 0 spiro atoms. The maximum absolute atomic E-state index is 5.92. The summed E-state index contributed by atoms with van der Waals surface area (Å²) in [6.45, 7) is 5.21. The third kappa shape index (κ3) is 3.60. The normalized spacial score (nSPS) is 11.0. The second kappa shape index (κ2) is 5.92. The van der Waals surface area contributed by atoms with E-state index in [1.54, 1.807) is 0 Å². The van der Waals surface area contributed by atoms with Crippen LogP contribution in [0.2, 0.25) is 5.28 Å². The lowest BCUT2D eigenvalue weighted by atomic mass is 10.1. The van der Waals surface area contributed by atoms with Gasteiger partial charge in [-0.1, -0.05) is 13.8 Å². The molecule has 19 heavy (non-hydrogen) atoms. The Bertz CT molecular complexity index is 526. The first-order chi connectivity index (χ1) is 9.06.